The smallest absolute Gasteiger partial charge is 0.0541 e. The highest BCUT2D eigenvalue weighted by Crippen LogP contribution is 2.49. The molecule has 0 aliphatic heterocycles. The van der Waals surface area contributed by atoms with Gasteiger partial charge < -0.3 is 25.9 Å². The van der Waals surface area contributed by atoms with Gasteiger partial charge in [0.1, 0.15) is 0 Å². The molecular formula is C65H63N5. The minimum Gasteiger partial charge on any atom is -0.405 e. The van der Waals surface area contributed by atoms with Crippen molar-refractivity contribution in [2.45, 2.75) is 46.1 Å². The Bertz CT molecular complexity index is 3640. The number of hydrogen-bond donors (Lipinski definition) is 3. The minimum atomic E-state index is -0.185. The normalized spacial score (nSPS) is 12.6. The quantitative estimate of drug-likeness (QED) is 0.156. The van der Waals surface area contributed by atoms with E-state index in [9.17, 15) is 0 Å². The fraction of sp³-hybridized carbons (Fsp3) is 0.138. The maximum Gasteiger partial charge on any atom is 0.0541 e. The molecule has 9 aromatic carbocycles. The molecule has 0 spiro atoms. The Morgan fingerprint density at radius 1 is 0.500 bits per heavy atom. The first-order chi connectivity index (χ1) is 34.2. The molecule has 0 saturated heterocycles. The standard InChI is InChI=1S/C31H22N2.C24H24N2.C8H11N.C2H6/c1-32-28-13-7-5-11-24(28)26-19-21(15-17-29(26)32)22-16-18-31-27(20-22)25-12-6-8-14-30(25)33(31)23-9-3-2-4-10-23;1-24(2)21-9-4-3-8-19(21)20-11-10-17(15-22(20)24)16-6-5-7-18(14-16)23(26)12-13-25;1-7-5-3-4-6-8(7)9-2;1-2/h2-20H,1H3;3-15,23H,25-26H2,1-2H3;3-6,9H,1-2H3;1-2H3/b;13-12-;;. The van der Waals surface area contributed by atoms with Crippen molar-refractivity contribution < 1.29 is 0 Å². The van der Waals surface area contributed by atoms with Crippen LogP contribution in [0.3, 0.4) is 0 Å². The fourth-order valence-corrected chi connectivity index (χ4v) is 10.2. The summed E-state index contributed by atoms with van der Waals surface area (Å²) in [6, 6.07) is 73.6. The lowest BCUT2D eigenvalue weighted by molar-refractivity contribution is 0.660. The predicted octanol–water partition coefficient (Wildman–Crippen LogP) is 16.3. The SMILES string of the molecule is CC.CC1(C)c2ccccc2-c2ccc(-c3cccc(C(N)/C=C\N)c3)cc21.CNc1ccccc1C.Cn1c2ccccc2c2cc(-c3ccc4c(c3)c3ccccc3n4-c3ccccc3)ccc21. The average molecular weight is 914 g/mol. The van der Waals surface area contributed by atoms with Crippen LogP contribution in [0.4, 0.5) is 5.69 Å². The van der Waals surface area contributed by atoms with E-state index >= 15 is 0 Å². The summed E-state index contributed by atoms with van der Waals surface area (Å²) in [5, 5.41) is 8.27. The second kappa shape index (κ2) is 20.2. The van der Waals surface area contributed by atoms with Gasteiger partial charge in [0.25, 0.3) is 0 Å². The van der Waals surface area contributed by atoms with Crippen molar-refractivity contribution >= 4 is 49.3 Å². The van der Waals surface area contributed by atoms with Crippen LogP contribution in [0.15, 0.2) is 219 Å². The molecule has 1 unspecified atom stereocenters. The third kappa shape index (κ3) is 8.77. The van der Waals surface area contributed by atoms with E-state index in [-0.39, 0.29) is 11.5 Å². The van der Waals surface area contributed by atoms with E-state index in [1.165, 1.54) is 111 Å². The number of benzene rings is 9. The van der Waals surface area contributed by atoms with Gasteiger partial charge in [-0.15, -0.1) is 0 Å². The number of para-hydroxylation sites is 4. The van der Waals surface area contributed by atoms with Gasteiger partial charge in [0.15, 0.2) is 0 Å². The molecule has 0 radical (unpaired) electrons. The zero-order chi connectivity index (χ0) is 48.9. The topological polar surface area (TPSA) is 73.9 Å². The van der Waals surface area contributed by atoms with E-state index in [2.05, 4.69) is 230 Å². The number of aryl methyl sites for hydroxylation is 2. The molecular weight excluding hydrogens is 851 g/mol. The highest BCUT2D eigenvalue weighted by atomic mass is 15.0. The number of nitrogens with one attached hydrogen (secondary N) is 1. The molecule has 2 aromatic heterocycles. The second-order valence-corrected chi connectivity index (χ2v) is 18.3. The summed E-state index contributed by atoms with van der Waals surface area (Å²) in [6.45, 7) is 10.7. The molecule has 12 rings (SSSR count). The Kier molecular flexibility index (Phi) is 13.6. The van der Waals surface area contributed by atoms with E-state index in [0.717, 1.165) is 5.56 Å². The lowest BCUT2D eigenvalue weighted by Gasteiger charge is -2.22. The Labute approximate surface area is 413 Å². The van der Waals surface area contributed by atoms with Gasteiger partial charge in [-0.25, -0.2) is 0 Å². The number of fused-ring (bicyclic) bond motifs is 9. The highest BCUT2D eigenvalue weighted by Gasteiger charge is 2.35. The third-order valence-electron chi connectivity index (χ3n) is 13.9. The van der Waals surface area contributed by atoms with Gasteiger partial charge in [-0.3, -0.25) is 0 Å². The number of hydrogen-bond acceptors (Lipinski definition) is 3. The Morgan fingerprint density at radius 2 is 1.03 bits per heavy atom. The number of nitrogens with two attached hydrogens (primary N) is 2. The van der Waals surface area contributed by atoms with Crippen LogP contribution < -0.4 is 16.8 Å². The zero-order valence-electron chi connectivity index (χ0n) is 41.4. The van der Waals surface area contributed by atoms with E-state index in [1.807, 2.05) is 45.2 Å². The molecule has 5 nitrogen and oxygen atoms in total. The number of rotatable bonds is 6. The van der Waals surface area contributed by atoms with Gasteiger partial charge in [0, 0.05) is 69.5 Å². The van der Waals surface area contributed by atoms with Crippen molar-refractivity contribution in [2.24, 2.45) is 18.5 Å². The molecule has 70 heavy (non-hydrogen) atoms. The molecule has 5 N–H and O–H groups in total. The van der Waals surface area contributed by atoms with Crippen LogP contribution in [-0.2, 0) is 12.5 Å². The molecule has 1 atom stereocenters. The monoisotopic (exact) mass is 914 g/mol. The van der Waals surface area contributed by atoms with Crippen molar-refractivity contribution in [3.63, 3.8) is 0 Å². The molecule has 0 fully saturated rings. The maximum atomic E-state index is 6.18. The summed E-state index contributed by atoms with van der Waals surface area (Å²) < 4.78 is 4.65. The highest BCUT2D eigenvalue weighted by molar-refractivity contribution is 6.12. The van der Waals surface area contributed by atoms with E-state index < -0.39 is 0 Å². The molecule has 0 amide bonds. The van der Waals surface area contributed by atoms with Gasteiger partial charge in [0.05, 0.1) is 11.0 Å². The van der Waals surface area contributed by atoms with Crippen LogP contribution in [-0.4, -0.2) is 16.2 Å². The number of anilines is 1. The Morgan fingerprint density at radius 3 is 1.73 bits per heavy atom. The van der Waals surface area contributed by atoms with E-state index in [0.29, 0.717) is 0 Å². The minimum absolute atomic E-state index is 0.0121. The number of nitrogens with zero attached hydrogens (tertiary/aromatic N) is 2. The molecule has 348 valence electrons. The summed E-state index contributed by atoms with van der Waals surface area (Å²) in [6.07, 6.45) is 3.31. The Balaban J connectivity index is 0.000000146. The lowest BCUT2D eigenvalue weighted by atomic mass is 9.81. The van der Waals surface area contributed by atoms with Crippen molar-refractivity contribution in [3.05, 3.63) is 241 Å². The van der Waals surface area contributed by atoms with Crippen LogP contribution in [0.5, 0.6) is 0 Å². The van der Waals surface area contributed by atoms with Crippen LogP contribution in [0.1, 0.15) is 56.0 Å². The number of aromatic nitrogens is 2. The third-order valence-corrected chi connectivity index (χ3v) is 13.9. The van der Waals surface area contributed by atoms with Crippen LogP contribution in [0.2, 0.25) is 0 Å². The first kappa shape index (κ1) is 47.0. The molecule has 0 bridgehead atoms. The molecule has 1 aliphatic carbocycles. The van der Waals surface area contributed by atoms with Crippen LogP contribution >= 0.6 is 0 Å². The van der Waals surface area contributed by atoms with E-state index in [4.69, 9.17) is 11.5 Å². The summed E-state index contributed by atoms with van der Waals surface area (Å²) in [4.78, 5) is 0. The maximum absolute atomic E-state index is 6.18. The van der Waals surface area contributed by atoms with Gasteiger partial charge in [-0.2, -0.15) is 0 Å². The van der Waals surface area contributed by atoms with Crippen molar-refractivity contribution in [1.29, 1.82) is 0 Å². The average Bonchev–Trinajstić information content (AvgIpc) is 3.98. The second-order valence-electron chi connectivity index (χ2n) is 18.3. The predicted molar refractivity (Wildman–Crippen MR) is 302 cm³/mol. The van der Waals surface area contributed by atoms with Crippen molar-refractivity contribution in [3.8, 4) is 39.1 Å². The van der Waals surface area contributed by atoms with Gasteiger partial charge >= 0.3 is 0 Å². The first-order valence-corrected chi connectivity index (χ1v) is 24.4. The summed E-state index contributed by atoms with van der Waals surface area (Å²) >= 11 is 0. The van der Waals surface area contributed by atoms with Gasteiger partial charge in [-0.1, -0.05) is 167 Å². The van der Waals surface area contributed by atoms with E-state index in [1.54, 1.807) is 0 Å². The summed E-state index contributed by atoms with van der Waals surface area (Å²) in [5.74, 6) is 0. The summed E-state index contributed by atoms with van der Waals surface area (Å²) in [7, 11) is 4.08. The summed E-state index contributed by atoms with van der Waals surface area (Å²) in [5.41, 5.74) is 31.8. The molecule has 0 saturated carbocycles. The van der Waals surface area contributed by atoms with Gasteiger partial charge in [-0.05, 0) is 142 Å². The van der Waals surface area contributed by atoms with Crippen LogP contribution in [0.25, 0.3) is 82.7 Å². The molecule has 2 heterocycles. The van der Waals surface area contributed by atoms with Crippen LogP contribution in [0, 0.1) is 6.92 Å². The van der Waals surface area contributed by atoms with Crippen molar-refractivity contribution in [1.82, 2.24) is 9.13 Å². The first-order valence-electron chi connectivity index (χ1n) is 24.4. The fourth-order valence-electron chi connectivity index (χ4n) is 10.2. The largest absolute Gasteiger partial charge is 0.405 e. The lowest BCUT2D eigenvalue weighted by Crippen LogP contribution is -2.14. The molecule has 5 heteroatoms. The molecule has 1 aliphatic rings. The zero-order valence-corrected chi connectivity index (χ0v) is 41.4. The van der Waals surface area contributed by atoms with Gasteiger partial charge in [0.2, 0.25) is 0 Å². The van der Waals surface area contributed by atoms with Crippen molar-refractivity contribution in [2.75, 3.05) is 12.4 Å². The molecule has 11 aromatic rings. The Hall–Kier alpha value is -8.12.